The van der Waals surface area contributed by atoms with Crippen LogP contribution in [0.3, 0.4) is 0 Å². The van der Waals surface area contributed by atoms with E-state index in [1.807, 2.05) is 6.08 Å². The van der Waals surface area contributed by atoms with Crippen molar-refractivity contribution < 1.29 is 14.6 Å². The van der Waals surface area contributed by atoms with E-state index in [4.69, 9.17) is 9.84 Å². The van der Waals surface area contributed by atoms with Gasteiger partial charge >= 0.3 is 6.09 Å². The van der Waals surface area contributed by atoms with Gasteiger partial charge in [-0.2, -0.15) is 0 Å². The summed E-state index contributed by atoms with van der Waals surface area (Å²) in [6, 6.07) is 7.11. The molecule has 5 heteroatoms. The third-order valence-corrected chi connectivity index (χ3v) is 3.65. The van der Waals surface area contributed by atoms with Crippen LogP contribution < -0.4 is 9.64 Å². The molecular weight excluding hydrogens is 292 g/mol. The van der Waals surface area contributed by atoms with Gasteiger partial charge in [-0.15, -0.1) is 6.58 Å². The number of hydrogen-bond donors (Lipinski definition) is 1. The van der Waals surface area contributed by atoms with Crippen LogP contribution in [0, 0.1) is 0 Å². The Morgan fingerprint density at radius 3 is 2.43 bits per heavy atom. The van der Waals surface area contributed by atoms with Crippen LogP contribution in [-0.2, 0) is 0 Å². The summed E-state index contributed by atoms with van der Waals surface area (Å²) in [5, 5.41) is 8.90. The number of anilines is 1. The van der Waals surface area contributed by atoms with Crippen molar-refractivity contribution in [2.75, 3.05) is 38.7 Å². The van der Waals surface area contributed by atoms with Crippen LogP contribution in [0.15, 0.2) is 36.9 Å². The van der Waals surface area contributed by atoms with Crippen LogP contribution in [0.25, 0.3) is 0 Å². The molecule has 0 spiro atoms. The molecule has 0 aliphatic carbocycles. The second-order valence-corrected chi connectivity index (χ2v) is 5.65. The molecule has 0 bridgehead atoms. The van der Waals surface area contributed by atoms with Crippen molar-refractivity contribution >= 4 is 11.8 Å². The first-order valence-corrected chi connectivity index (χ1v) is 8.03. The number of nitrogens with zero attached hydrogens (tertiary/aromatic N) is 2. The molecule has 0 unspecified atom stereocenters. The number of ether oxygens (including phenoxy) is 1. The van der Waals surface area contributed by atoms with Crippen LogP contribution in [-0.4, -0.2) is 49.9 Å². The lowest BCUT2D eigenvalue weighted by molar-refractivity contribution is 0.203. The highest BCUT2D eigenvalue weighted by atomic mass is 16.5. The van der Waals surface area contributed by atoms with Crippen LogP contribution in [0.5, 0.6) is 5.75 Å². The van der Waals surface area contributed by atoms with Gasteiger partial charge in [0.05, 0.1) is 6.61 Å². The van der Waals surface area contributed by atoms with Crippen molar-refractivity contribution in [1.29, 1.82) is 0 Å². The van der Waals surface area contributed by atoms with Gasteiger partial charge in [-0.05, 0) is 50.7 Å². The summed E-state index contributed by atoms with van der Waals surface area (Å²) in [5.74, 6) is 0.776. The van der Waals surface area contributed by atoms with Gasteiger partial charge in [-0.25, -0.2) is 4.79 Å². The van der Waals surface area contributed by atoms with Gasteiger partial charge in [0.1, 0.15) is 5.75 Å². The Balaban J connectivity index is 2.14. The lowest BCUT2D eigenvalue weighted by Gasteiger charge is -2.14. The molecule has 1 aromatic carbocycles. The number of unbranched alkanes of at least 4 members (excludes halogenated alkanes) is 3. The molecule has 0 saturated heterocycles. The number of carboxylic acid groups (broad SMARTS) is 1. The normalized spacial score (nSPS) is 10.6. The third kappa shape index (κ3) is 7.70. The molecule has 0 heterocycles. The molecule has 5 nitrogen and oxygen atoms in total. The van der Waals surface area contributed by atoms with Gasteiger partial charge in [0.2, 0.25) is 0 Å². The fourth-order valence-electron chi connectivity index (χ4n) is 2.22. The highest BCUT2D eigenvalue weighted by molar-refractivity contribution is 5.85. The zero-order chi connectivity index (χ0) is 17.1. The lowest BCUT2D eigenvalue weighted by atomic mass is 10.2. The maximum absolute atomic E-state index is 10.8. The second-order valence-electron chi connectivity index (χ2n) is 5.65. The molecule has 1 rings (SSSR count). The molecule has 0 fully saturated rings. The molecule has 23 heavy (non-hydrogen) atoms. The molecule has 0 saturated carbocycles. The zero-order valence-electron chi connectivity index (χ0n) is 14.2. The fraction of sp³-hybridized carbons (Fsp3) is 0.500. The number of rotatable bonds is 11. The average Bonchev–Trinajstić information content (AvgIpc) is 2.54. The van der Waals surface area contributed by atoms with E-state index >= 15 is 0 Å². The predicted molar refractivity (Wildman–Crippen MR) is 94.5 cm³/mol. The first-order chi connectivity index (χ1) is 11.0. The van der Waals surface area contributed by atoms with Crippen molar-refractivity contribution in [2.45, 2.75) is 25.7 Å². The Bertz CT molecular complexity index is 474. The van der Waals surface area contributed by atoms with E-state index in [-0.39, 0.29) is 0 Å². The van der Waals surface area contributed by atoms with E-state index in [0.717, 1.165) is 31.7 Å². The summed E-state index contributed by atoms with van der Waals surface area (Å²) in [6.45, 7) is 6.47. The molecule has 1 aromatic rings. The number of benzene rings is 1. The number of amides is 1. The number of likely N-dealkylation sites (N-methyl/N-ethyl adjacent to an activating group) is 1. The van der Waals surface area contributed by atoms with E-state index in [1.165, 1.54) is 24.8 Å². The van der Waals surface area contributed by atoms with Crippen LogP contribution in [0.4, 0.5) is 10.5 Å². The minimum absolute atomic E-state index is 0.633. The van der Waals surface area contributed by atoms with E-state index in [9.17, 15) is 4.79 Å². The standard InChI is InChI=1S/C18H28N2O3/c1-4-13-19(2)14-7-5-6-8-15-23-17-11-9-16(10-12-17)20(3)18(21)22/h4,9-12H,1,5-8,13-15H2,2-3H3,(H,21,22). The molecule has 1 N–H and O–H groups in total. The fourth-order valence-corrected chi connectivity index (χ4v) is 2.22. The first kappa shape index (κ1) is 19.0. The number of hydrogen-bond acceptors (Lipinski definition) is 3. The molecule has 0 radical (unpaired) electrons. The minimum atomic E-state index is -0.975. The predicted octanol–water partition coefficient (Wildman–Crippen LogP) is 3.86. The van der Waals surface area contributed by atoms with Gasteiger partial charge in [0.25, 0.3) is 0 Å². The molecular formula is C18H28N2O3. The van der Waals surface area contributed by atoms with Crippen molar-refractivity contribution in [3.05, 3.63) is 36.9 Å². The van der Waals surface area contributed by atoms with Crippen molar-refractivity contribution in [3.8, 4) is 5.75 Å². The Hall–Kier alpha value is -2.01. The lowest BCUT2D eigenvalue weighted by Crippen LogP contribution is -2.23. The smallest absolute Gasteiger partial charge is 0.411 e. The van der Waals surface area contributed by atoms with Gasteiger partial charge < -0.3 is 14.7 Å². The van der Waals surface area contributed by atoms with E-state index in [2.05, 4.69) is 18.5 Å². The highest BCUT2D eigenvalue weighted by Gasteiger charge is 2.07. The third-order valence-electron chi connectivity index (χ3n) is 3.65. The quantitative estimate of drug-likeness (QED) is 0.497. The molecule has 0 aliphatic rings. The zero-order valence-corrected chi connectivity index (χ0v) is 14.2. The van der Waals surface area contributed by atoms with Crippen molar-refractivity contribution in [1.82, 2.24) is 4.90 Å². The molecule has 128 valence electrons. The Morgan fingerprint density at radius 2 is 1.83 bits per heavy atom. The van der Waals surface area contributed by atoms with E-state index < -0.39 is 6.09 Å². The molecule has 0 atom stereocenters. The van der Waals surface area contributed by atoms with E-state index in [1.54, 1.807) is 24.3 Å². The summed E-state index contributed by atoms with van der Waals surface area (Å²) in [4.78, 5) is 14.3. The largest absolute Gasteiger partial charge is 0.494 e. The molecule has 0 aromatic heterocycles. The molecule has 1 amide bonds. The average molecular weight is 320 g/mol. The van der Waals surface area contributed by atoms with Crippen LogP contribution in [0.2, 0.25) is 0 Å². The Morgan fingerprint density at radius 1 is 1.17 bits per heavy atom. The summed E-state index contributed by atoms with van der Waals surface area (Å²) in [7, 11) is 3.63. The monoisotopic (exact) mass is 320 g/mol. The van der Waals surface area contributed by atoms with Crippen LogP contribution in [0.1, 0.15) is 25.7 Å². The first-order valence-electron chi connectivity index (χ1n) is 8.03. The van der Waals surface area contributed by atoms with Crippen molar-refractivity contribution in [2.24, 2.45) is 0 Å². The highest BCUT2D eigenvalue weighted by Crippen LogP contribution is 2.18. The van der Waals surface area contributed by atoms with Crippen molar-refractivity contribution in [3.63, 3.8) is 0 Å². The SMILES string of the molecule is C=CCN(C)CCCCCCOc1ccc(N(C)C(=O)O)cc1. The molecule has 0 aliphatic heterocycles. The van der Waals surface area contributed by atoms with Gasteiger partial charge in [-0.1, -0.05) is 18.9 Å². The Kier molecular flexibility index (Phi) is 8.83. The maximum atomic E-state index is 10.8. The Labute approximate surface area is 139 Å². The van der Waals surface area contributed by atoms with Gasteiger partial charge in [0.15, 0.2) is 0 Å². The van der Waals surface area contributed by atoms with E-state index in [0.29, 0.717) is 12.3 Å². The number of carbonyl (C=O) groups is 1. The maximum Gasteiger partial charge on any atom is 0.411 e. The summed E-state index contributed by atoms with van der Waals surface area (Å²) >= 11 is 0. The summed E-state index contributed by atoms with van der Waals surface area (Å²) in [5.41, 5.74) is 0.633. The second kappa shape index (κ2) is 10.7. The summed E-state index contributed by atoms with van der Waals surface area (Å²) < 4.78 is 5.68. The van der Waals surface area contributed by atoms with Gasteiger partial charge in [-0.3, -0.25) is 4.90 Å². The van der Waals surface area contributed by atoms with Crippen LogP contribution >= 0.6 is 0 Å². The topological polar surface area (TPSA) is 53.0 Å². The minimum Gasteiger partial charge on any atom is -0.494 e. The van der Waals surface area contributed by atoms with Gasteiger partial charge in [0, 0.05) is 19.3 Å². The summed E-state index contributed by atoms with van der Waals surface area (Å²) in [6.07, 6.45) is 5.53.